The SMILES string of the molecule is Cc1cc(=O)n(CC2(C(C)C)CC2)c(C)c1C(=O)O. The van der Waals surface area contributed by atoms with Crippen LogP contribution >= 0.6 is 0 Å². The van der Waals surface area contributed by atoms with Crippen LogP contribution in [0.3, 0.4) is 0 Å². The number of aryl methyl sites for hydroxylation is 1. The predicted molar refractivity (Wildman–Crippen MR) is 73.6 cm³/mol. The summed E-state index contributed by atoms with van der Waals surface area (Å²) in [5.74, 6) is -0.452. The van der Waals surface area contributed by atoms with Crippen LogP contribution in [-0.2, 0) is 6.54 Å². The molecule has 1 fully saturated rings. The summed E-state index contributed by atoms with van der Waals surface area (Å²) in [4.78, 5) is 23.4. The summed E-state index contributed by atoms with van der Waals surface area (Å²) >= 11 is 0. The van der Waals surface area contributed by atoms with Crippen molar-refractivity contribution >= 4 is 5.97 Å². The van der Waals surface area contributed by atoms with E-state index < -0.39 is 5.97 Å². The molecule has 0 saturated heterocycles. The van der Waals surface area contributed by atoms with E-state index in [1.54, 1.807) is 18.4 Å². The Labute approximate surface area is 113 Å². The summed E-state index contributed by atoms with van der Waals surface area (Å²) < 4.78 is 1.64. The van der Waals surface area contributed by atoms with Crippen molar-refractivity contribution < 1.29 is 9.90 Å². The lowest BCUT2D eigenvalue weighted by Crippen LogP contribution is -2.30. The van der Waals surface area contributed by atoms with Gasteiger partial charge in [-0.25, -0.2) is 4.79 Å². The number of aromatic carboxylic acids is 1. The molecule has 0 aromatic carbocycles. The molecule has 0 unspecified atom stereocenters. The Morgan fingerprint density at radius 1 is 1.42 bits per heavy atom. The monoisotopic (exact) mass is 263 g/mol. The first kappa shape index (κ1) is 13.8. The van der Waals surface area contributed by atoms with Crippen LogP contribution in [0.4, 0.5) is 0 Å². The summed E-state index contributed by atoms with van der Waals surface area (Å²) in [6.45, 7) is 8.38. The van der Waals surface area contributed by atoms with E-state index in [0.717, 1.165) is 12.8 Å². The molecule has 19 heavy (non-hydrogen) atoms. The molecule has 1 heterocycles. The van der Waals surface area contributed by atoms with Gasteiger partial charge in [-0.15, -0.1) is 0 Å². The average Bonchev–Trinajstić information content (AvgIpc) is 3.04. The van der Waals surface area contributed by atoms with Crippen molar-refractivity contribution in [2.75, 3.05) is 0 Å². The van der Waals surface area contributed by atoms with Gasteiger partial charge in [0, 0.05) is 18.3 Å². The molecule has 0 atom stereocenters. The molecule has 0 amide bonds. The highest BCUT2D eigenvalue weighted by Gasteiger charge is 2.45. The van der Waals surface area contributed by atoms with E-state index in [1.165, 1.54) is 6.07 Å². The molecule has 2 rings (SSSR count). The van der Waals surface area contributed by atoms with Crippen LogP contribution in [0.2, 0.25) is 0 Å². The van der Waals surface area contributed by atoms with Crippen molar-refractivity contribution in [3.63, 3.8) is 0 Å². The number of carboxylic acids is 1. The maximum atomic E-state index is 12.1. The van der Waals surface area contributed by atoms with E-state index in [9.17, 15) is 14.7 Å². The van der Waals surface area contributed by atoms with Gasteiger partial charge >= 0.3 is 5.97 Å². The zero-order valence-electron chi connectivity index (χ0n) is 12.0. The Balaban J connectivity index is 2.50. The van der Waals surface area contributed by atoms with E-state index in [0.29, 0.717) is 23.7 Å². The van der Waals surface area contributed by atoms with E-state index >= 15 is 0 Å². The number of hydrogen-bond donors (Lipinski definition) is 1. The first-order chi connectivity index (χ1) is 8.78. The third-order valence-corrected chi connectivity index (χ3v) is 4.57. The number of aromatic nitrogens is 1. The fourth-order valence-electron chi connectivity index (χ4n) is 2.83. The molecule has 4 nitrogen and oxygen atoms in total. The highest BCUT2D eigenvalue weighted by molar-refractivity contribution is 5.90. The van der Waals surface area contributed by atoms with Crippen molar-refractivity contribution in [1.82, 2.24) is 4.57 Å². The van der Waals surface area contributed by atoms with E-state index in [4.69, 9.17) is 0 Å². The van der Waals surface area contributed by atoms with Crippen LogP contribution in [0.25, 0.3) is 0 Å². The third kappa shape index (κ3) is 2.31. The van der Waals surface area contributed by atoms with Gasteiger partial charge in [0.15, 0.2) is 0 Å². The van der Waals surface area contributed by atoms with Gasteiger partial charge in [0.2, 0.25) is 0 Å². The van der Waals surface area contributed by atoms with Crippen LogP contribution in [0.15, 0.2) is 10.9 Å². The molecule has 1 aromatic heterocycles. The maximum absolute atomic E-state index is 12.1. The number of rotatable bonds is 4. The molecule has 0 bridgehead atoms. The number of pyridine rings is 1. The van der Waals surface area contributed by atoms with Crippen LogP contribution in [0.1, 0.15) is 48.3 Å². The Hall–Kier alpha value is -1.58. The Bertz CT molecular complexity index is 580. The summed E-state index contributed by atoms with van der Waals surface area (Å²) in [6, 6.07) is 1.44. The predicted octanol–water partition coefficient (Wildman–Crippen LogP) is 2.60. The minimum atomic E-state index is -0.960. The second-order valence-corrected chi connectivity index (χ2v) is 6.03. The molecule has 1 saturated carbocycles. The number of carbonyl (C=O) groups is 1. The lowest BCUT2D eigenvalue weighted by Gasteiger charge is -2.23. The molecule has 1 N–H and O–H groups in total. The van der Waals surface area contributed by atoms with Crippen molar-refractivity contribution in [2.45, 2.75) is 47.1 Å². The molecule has 0 aliphatic heterocycles. The molecule has 1 aliphatic rings. The van der Waals surface area contributed by atoms with Gasteiger partial charge in [-0.1, -0.05) is 13.8 Å². The van der Waals surface area contributed by atoms with E-state index in [2.05, 4.69) is 13.8 Å². The normalized spacial score (nSPS) is 16.7. The van der Waals surface area contributed by atoms with Crippen molar-refractivity contribution in [2.24, 2.45) is 11.3 Å². The molecule has 0 radical (unpaired) electrons. The van der Waals surface area contributed by atoms with Gasteiger partial charge < -0.3 is 9.67 Å². The molecular weight excluding hydrogens is 242 g/mol. The van der Waals surface area contributed by atoms with Gasteiger partial charge in [-0.3, -0.25) is 4.79 Å². The number of nitrogens with zero attached hydrogens (tertiary/aromatic N) is 1. The number of hydrogen-bond acceptors (Lipinski definition) is 2. The topological polar surface area (TPSA) is 59.3 Å². The summed E-state index contributed by atoms with van der Waals surface area (Å²) in [5, 5.41) is 9.27. The Morgan fingerprint density at radius 3 is 2.42 bits per heavy atom. The van der Waals surface area contributed by atoms with Gasteiger partial charge in [0.05, 0.1) is 5.56 Å². The largest absolute Gasteiger partial charge is 0.478 e. The Morgan fingerprint density at radius 2 is 2.00 bits per heavy atom. The first-order valence-corrected chi connectivity index (χ1v) is 6.73. The van der Waals surface area contributed by atoms with Crippen LogP contribution < -0.4 is 5.56 Å². The second kappa shape index (κ2) is 4.51. The fourth-order valence-corrected chi connectivity index (χ4v) is 2.83. The molecule has 1 aromatic rings. The van der Waals surface area contributed by atoms with Crippen LogP contribution in [0, 0.1) is 25.2 Å². The van der Waals surface area contributed by atoms with Gasteiger partial charge in [0.1, 0.15) is 0 Å². The average molecular weight is 263 g/mol. The molecule has 4 heteroatoms. The quantitative estimate of drug-likeness (QED) is 0.908. The van der Waals surface area contributed by atoms with Gasteiger partial charge in [-0.05, 0) is 43.6 Å². The van der Waals surface area contributed by atoms with Crippen molar-refractivity contribution in [1.29, 1.82) is 0 Å². The Kier molecular flexibility index (Phi) is 3.29. The first-order valence-electron chi connectivity index (χ1n) is 6.73. The third-order valence-electron chi connectivity index (χ3n) is 4.57. The maximum Gasteiger partial charge on any atom is 0.337 e. The van der Waals surface area contributed by atoms with Crippen LogP contribution in [-0.4, -0.2) is 15.6 Å². The highest BCUT2D eigenvalue weighted by atomic mass is 16.4. The smallest absolute Gasteiger partial charge is 0.337 e. The van der Waals surface area contributed by atoms with E-state index in [-0.39, 0.29) is 16.5 Å². The van der Waals surface area contributed by atoms with Crippen molar-refractivity contribution in [3.8, 4) is 0 Å². The zero-order chi connectivity index (χ0) is 14.4. The fraction of sp³-hybridized carbons (Fsp3) is 0.600. The summed E-state index contributed by atoms with van der Waals surface area (Å²) in [7, 11) is 0. The molecule has 1 aliphatic carbocycles. The lowest BCUT2D eigenvalue weighted by atomic mass is 9.92. The minimum Gasteiger partial charge on any atom is -0.478 e. The van der Waals surface area contributed by atoms with Crippen LogP contribution in [0.5, 0.6) is 0 Å². The molecule has 0 spiro atoms. The van der Waals surface area contributed by atoms with Gasteiger partial charge in [0.25, 0.3) is 5.56 Å². The highest BCUT2D eigenvalue weighted by Crippen LogP contribution is 2.53. The summed E-state index contributed by atoms with van der Waals surface area (Å²) in [5.41, 5.74) is 1.47. The lowest BCUT2D eigenvalue weighted by molar-refractivity contribution is 0.0693. The van der Waals surface area contributed by atoms with Crippen molar-refractivity contribution in [3.05, 3.63) is 33.2 Å². The van der Waals surface area contributed by atoms with Gasteiger partial charge in [-0.2, -0.15) is 0 Å². The molecule has 104 valence electrons. The second-order valence-electron chi connectivity index (χ2n) is 6.03. The number of carboxylic acid groups (broad SMARTS) is 1. The molecular formula is C15H21NO3. The van der Waals surface area contributed by atoms with E-state index in [1.807, 2.05) is 0 Å². The standard InChI is InChI=1S/C15H21NO3/c1-9(2)15(5-6-15)8-16-11(4)13(14(18)19)10(3)7-12(16)17/h7,9H,5-6,8H2,1-4H3,(H,18,19). The summed E-state index contributed by atoms with van der Waals surface area (Å²) in [6.07, 6.45) is 2.24. The minimum absolute atomic E-state index is 0.0908. The zero-order valence-corrected chi connectivity index (χ0v) is 12.0.